The molecule has 2 rings (SSSR count). The van der Waals surface area contributed by atoms with Crippen LogP contribution >= 0.6 is 11.3 Å². The first-order chi connectivity index (χ1) is 9.76. The molecule has 1 amide bonds. The molecule has 1 aliphatic heterocycles. The second-order valence-electron chi connectivity index (χ2n) is 5.17. The molecule has 112 valence electrons. The van der Waals surface area contributed by atoms with Gasteiger partial charge in [0, 0.05) is 10.9 Å². The van der Waals surface area contributed by atoms with Crippen molar-refractivity contribution >= 4 is 17.2 Å². The average Bonchev–Trinajstić information content (AvgIpc) is 3.09. The van der Waals surface area contributed by atoms with Crippen molar-refractivity contribution in [2.45, 2.75) is 38.8 Å². The average molecular weight is 296 g/mol. The van der Waals surface area contributed by atoms with Gasteiger partial charge in [-0.1, -0.05) is 26.3 Å². The predicted molar refractivity (Wildman–Crippen MR) is 81.9 cm³/mol. The monoisotopic (exact) mass is 296 g/mol. The largest absolute Gasteiger partial charge is 0.379 e. The van der Waals surface area contributed by atoms with Gasteiger partial charge in [-0.15, -0.1) is 11.3 Å². The number of carbonyl (C=O) groups is 1. The molecule has 0 bridgehead atoms. The molecule has 0 radical (unpaired) electrons. The fourth-order valence-electron chi connectivity index (χ4n) is 2.62. The molecule has 2 heterocycles. The lowest BCUT2D eigenvalue weighted by Gasteiger charge is -2.22. The Labute approximate surface area is 124 Å². The van der Waals surface area contributed by atoms with E-state index >= 15 is 0 Å². The summed E-state index contributed by atoms with van der Waals surface area (Å²) in [5, 5.41) is 8.59. The van der Waals surface area contributed by atoms with Crippen molar-refractivity contribution in [2.24, 2.45) is 5.92 Å². The van der Waals surface area contributed by atoms with Crippen LogP contribution in [-0.2, 0) is 9.53 Å². The van der Waals surface area contributed by atoms with E-state index in [-0.39, 0.29) is 23.9 Å². The Morgan fingerprint density at radius 1 is 1.50 bits per heavy atom. The molecule has 3 unspecified atom stereocenters. The molecule has 1 aromatic heterocycles. The molecule has 0 saturated carbocycles. The van der Waals surface area contributed by atoms with Gasteiger partial charge in [-0.05, 0) is 24.4 Å². The number of hydrogen-bond donors (Lipinski definition) is 2. The van der Waals surface area contributed by atoms with E-state index in [9.17, 15) is 4.79 Å². The molecule has 4 nitrogen and oxygen atoms in total. The van der Waals surface area contributed by atoms with E-state index in [0.29, 0.717) is 13.2 Å². The first kappa shape index (κ1) is 15.5. The Balaban J connectivity index is 1.97. The SMILES string of the molecule is CCCC(NC(=O)C1COCC1NCC)c1cccs1. The first-order valence-electron chi connectivity index (χ1n) is 7.41. The summed E-state index contributed by atoms with van der Waals surface area (Å²) < 4.78 is 5.45. The highest BCUT2D eigenvalue weighted by Gasteiger charge is 2.34. The zero-order valence-corrected chi connectivity index (χ0v) is 13.0. The highest BCUT2D eigenvalue weighted by Crippen LogP contribution is 2.24. The van der Waals surface area contributed by atoms with E-state index in [2.05, 4.69) is 35.9 Å². The zero-order valence-electron chi connectivity index (χ0n) is 12.2. The summed E-state index contributed by atoms with van der Waals surface area (Å²) in [6, 6.07) is 4.41. The van der Waals surface area contributed by atoms with Crippen LogP contribution in [0.4, 0.5) is 0 Å². The first-order valence-corrected chi connectivity index (χ1v) is 8.29. The van der Waals surface area contributed by atoms with Gasteiger partial charge in [0.05, 0.1) is 25.2 Å². The third-order valence-electron chi connectivity index (χ3n) is 3.66. The van der Waals surface area contributed by atoms with Crippen LogP contribution in [0.3, 0.4) is 0 Å². The third-order valence-corrected chi connectivity index (χ3v) is 4.65. The van der Waals surface area contributed by atoms with Gasteiger partial charge in [0.25, 0.3) is 0 Å². The fraction of sp³-hybridized carbons (Fsp3) is 0.667. The van der Waals surface area contributed by atoms with E-state index in [1.54, 1.807) is 11.3 Å². The van der Waals surface area contributed by atoms with Gasteiger partial charge in [-0.25, -0.2) is 0 Å². The summed E-state index contributed by atoms with van der Waals surface area (Å²) in [5.41, 5.74) is 0. The van der Waals surface area contributed by atoms with Crippen molar-refractivity contribution in [2.75, 3.05) is 19.8 Å². The zero-order chi connectivity index (χ0) is 14.4. The van der Waals surface area contributed by atoms with E-state index in [1.165, 1.54) is 4.88 Å². The smallest absolute Gasteiger partial charge is 0.227 e. The summed E-state index contributed by atoms with van der Waals surface area (Å²) in [4.78, 5) is 13.7. The highest BCUT2D eigenvalue weighted by atomic mass is 32.1. The van der Waals surface area contributed by atoms with Crippen LogP contribution in [-0.4, -0.2) is 31.7 Å². The molecular weight excluding hydrogens is 272 g/mol. The molecule has 0 aromatic carbocycles. The Bertz CT molecular complexity index is 408. The Hall–Kier alpha value is -0.910. The number of amides is 1. The standard InChI is InChI=1S/C15H24N2O2S/c1-3-6-12(14-7-5-8-20-14)17-15(18)11-9-19-10-13(11)16-4-2/h5,7-8,11-13,16H,3-4,6,9-10H2,1-2H3,(H,17,18). The van der Waals surface area contributed by atoms with E-state index in [1.807, 2.05) is 6.07 Å². The van der Waals surface area contributed by atoms with Gasteiger partial charge in [0.15, 0.2) is 0 Å². The van der Waals surface area contributed by atoms with Crippen molar-refractivity contribution in [3.63, 3.8) is 0 Å². The number of hydrogen-bond acceptors (Lipinski definition) is 4. The number of nitrogens with one attached hydrogen (secondary N) is 2. The van der Waals surface area contributed by atoms with Gasteiger partial charge in [-0.2, -0.15) is 0 Å². The van der Waals surface area contributed by atoms with Crippen molar-refractivity contribution in [3.05, 3.63) is 22.4 Å². The van der Waals surface area contributed by atoms with Crippen LogP contribution in [0.1, 0.15) is 37.6 Å². The maximum atomic E-state index is 12.5. The second kappa shape index (κ2) is 7.76. The third kappa shape index (κ3) is 3.81. The maximum Gasteiger partial charge on any atom is 0.227 e. The summed E-state index contributed by atoms with van der Waals surface area (Å²) >= 11 is 1.70. The molecule has 5 heteroatoms. The number of carbonyl (C=O) groups excluding carboxylic acids is 1. The van der Waals surface area contributed by atoms with Gasteiger partial charge >= 0.3 is 0 Å². The van der Waals surface area contributed by atoms with E-state index < -0.39 is 0 Å². The van der Waals surface area contributed by atoms with Crippen LogP contribution in [0.5, 0.6) is 0 Å². The number of likely N-dealkylation sites (N-methyl/N-ethyl adjacent to an activating group) is 1. The molecule has 1 fully saturated rings. The molecule has 20 heavy (non-hydrogen) atoms. The van der Waals surface area contributed by atoms with Crippen LogP contribution in [0.15, 0.2) is 17.5 Å². The molecule has 2 N–H and O–H groups in total. The number of thiophene rings is 1. The van der Waals surface area contributed by atoms with Gasteiger partial charge in [-0.3, -0.25) is 4.79 Å². The second-order valence-corrected chi connectivity index (χ2v) is 6.15. The molecule has 3 atom stereocenters. The molecular formula is C15H24N2O2S. The van der Waals surface area contributed by atoms with Crippen molar-refractivity contribution < 1.29 is 9.53 Å². The van der Waals surface area contributed by atoms with E-state index in [4.69, 9.17) is 4.74 Å². The molecule has 1 aromatic rings. The number of rotatable bonds is 7. The van der Waals surface area contributed by atoms with Gasteiger partial charge in [0.1, 0.15) is 0 Å². The minimum absolute atomic E-state index is 0.0748. The van der Waals surface area contributed by atoms with Crippen LogP contribution in [0, 0.1) is 5.92 Å². The van der Waals surface area contributed by atoms with Crippen molar-refractivity contribution in [1.82, 2.24) is 10.6 Å². The van der Waals surface area contributed by atoms with E-state index in [0.717, 1.165) is 19.4 Å². The lowest BCUT2D eigenvalue weighted by Crippen LogP contribution is -2.44. The molecule has 0 aliphatic carbocycles. The number of ether oxygens (including phenoxy) is 1. The quantitative estimate of drug-likeness (QED) is 0.812. The minimum atomic E-state index is -0.0748. The summed E-state index contributed by atoms with van der Waals surface area (Å²) in [5.74, 6) is 0.0366. The highest BCUT2D eigenvalue weighted by molar-refractivity contribution is 7.10. The maximum absolute atomic E-state index is 12.5. The van der Waals surface area contributed by atoms with Gasteiger partial charge in [0.2, 0.25) is 5.91 Å². The normalized spacial score (nSPS) is 23.7. The minimum Gasteiger partial charge on any atom is -0.379 e. The van der Waals surface area contributed by atoms with Crippen LogP contribution in [0.25, 0.3) is 0 Å². The topological polar surface area (TPSA) is 50.4 Å². The predicted octanol–water partition coefficient (Wildman–Crippen LogP) is 2.33. The lowest BCUT2D eigenvalue weighted by atomic mass is 10.0. The molecule has 1 aliphatic rings. The van der Waals surface area contributed by atoms with Crippen molar-refractivity contribution in [1.29, 1.82) is 0 Å². The van der Waals surface area contributed by atoms with Crippen molar-refractivity contribution in [3.8, 4) is 0 Å². The Kier molecular flexibility index (Phi) is 6.01. The molecule has 0 spiro atoms. The molecule has 1 saturated heterocycles. The Morgan fingerprint density at radius 3 is 3.00 bits per heavy atom. The summed E-state index contributed by atoms with van der Waals surface area (Å²) in [6.45, 7) is 6.21. The van der Waals surface area contributed by atoms with Gasteiger partial charge < -0.3 is 15.4 Å². The fourth-order valence-corrected chi connectivity index (χ4v) is 3.43. The lowest BCUT2D eigenvalue weighted by molar-refractivity contribution is -0.126. The summed E-state index contributed by atoms with van der Waals surface area (Å²) in [6.07, 6.45) is 2.03. The Morgan fingerprint density at radius 2 is 2.35 bits per heavy atom. The van der Waals surface area contributed by atoms with Crippen LogP contribution < -0.4 is 10.6 Å². The summed E-state index contributed by atoms with van der Waals surface area (Å²) in [7, 11) is 0. The van der Waals surface area contributed by atoms with Crippen LogP contribution in [0.2, 0.25) is 0 Å².